The summed E-state index contributed by atoms with van der Waals surface area (Å²) in [5.74, 6) is 0.0727. The third kappa shape index (κ3) is 6.10. The number of anilines is 1. The summed E-state index contributed by atoms with van der Waals surface area (Å²) in [5.41, 5.74) is 4.44. The zero-order chi connectivity index (χ0) is 28.4. The molecule has 9 heteroatoms. The minimum atomic E-state index is -3.68. The summed E-state index contributed by atoms with van der Waals surface area (Å²) in [7, 11) is -1.80. The summed E-state index contributed by atoms with van der Waals surface area (Å²) in [6.45, 7) is 4.11. The molecule has 1 N–H and O–H groups in total. The highest BCUT2D eigenvalue weighted by atomic mass is 32.2. The lowest BCUT2D eigenvalue weighted by molar-refractivity contribution is -0.119. The van der Waals surface area contributed by atoms with Crippen LogP contribution in [0.4, 0.5) is 10.1 Å². The normalized spacial score (nSPS) is 17.6. The molecule has 2 atom stereocenters. The van der Waals surface area contributed by atoms with Crippen LogP contribution >= 0.6 is 0 Å². The molecule has 0 saturated heterocycles. The van der Waals surface area contributed by atoms with Gasteiger partial charge in [-0.2, -0.15) is 0 Å². The molecule has 40 heavy (non-hydrogen) atoms. The zero-order valence-corrected chi connectivity index (χ0v) is 23.9. The molecule has 2 aliphatic rings. The minimum Gasteiger partial charge on any atom is -0.337 e. The number of fused-ring (bicyclic) bond motifs is 1. The van der Waals surface area contributed by atoms with Crippen molar-refractivity contribution in [2.45, 2.75) is 64.5 Å². The minimum absolute atomic E-state index is 0.122. The van der Waals surface area contributed by atoms with Crippen molar-refractivity contribution in [3.8, 4) is 0 Å². The van der Waals surface area contributed by atoms with Crippen molar-refractivity contribution in [3.63, 3.8) is 0 Å². The van der Waals surface area contributed by atoms with Crippen LogP contribution in [0.25, 0.3) is 0 Å². The van der Waals surface area contributed by atoms with E-state index in [1.54, 1.807) is 29.3 Å². The molecule has 0 saturated carbocycles. The van der Waals surface area contributed by atoms with Crippen LogP contribution in [0.15, 0.2) is 77.5 Å². The van der Waals surface area contributed by atoms with Crippen LogP contribution < -0.4 is 9.62 Å². The van der Waals surface area contributed by atoms with Gasteiger partial charge in [-0.25, -0.2) is 22.5 Å². The van der Waals surface area contributed by atoms with E-state index >= 15 is 0 Å². The fourth-order valence-electron chi connectivity index (χ4n) is 5.46. The zero-order valence-electron chi connectivity index (χ0n) is 23.1. The molecule has 0 aliphatic heterocycles. The second-order valence-corrected chi connectivity index (χ2v) is 12.5. The number of carbonyl (C=O) groups excluding carboxylic acids is 1. The first-order valence-corrected chi connectivity index (χ1v) is 15.1. The molecule has 1 aromatic heterocycles. The molecule has 0 bridgehead atoms. The SMILES string of the molecule is CC1=CC(S(=O)(=O)N[C@H]2CCc3ccc(N(Cc4nccn4C)C(=O)C[C@@H](C)c4cccc(F)c4)cc32)=CCC1. The Kier molecular flexibility index (Phi) is 8.05. The van der Waals surface area contributed by atoms with E-state index in [-0.39, 0.29) is 36.6 Å². The molecule has 0 fully saturated rings. The Labute approximate surface area is 235 Å². The number of benzene rings is 2. The average molecular weight is 563 g/mol. The second-order valence-electron chi connectivity index (χ2n) is 10.8. The summed E-state index contributed by atoms with van der Waals surface area (Å²) in [5, 5.41) is 0. The van der Waals surface area contributed by atoms with E-state index in [0.717, 1.165) is 40.9 Å². The summed E-state index contributed by atoms with van der Waals surface area (Å²) in [4.78, 5) is 20.2. The Bertz CT molecular complexity index is 1590. The molecular formula is C31H35FN4O3S. The molecule has 7 nitrogen and oxygen atoms in total. The number of halogens is 1. The third-order valence-corrected chi connectivity index (χ3v) is 9.32. The van der Waals surface area contributed by atoms with Crippen molar-refractivity contribution < 1.29 is 17.6 Å². The quantitative estimate of drug-likeness (QED) is 0.356. The number of aryl methyl sites for hydroxylation is 2. The first-order chi connectivity index (χ1) is 19.1. The highest BCUT2D eigenvalue weighted by Crippen LogP contribution is 2.36. The van der Waals surface area contributed by atoms with Crippen molar-refractivity contribution in [1.82, 2.24) is 14.3 Å². The maximum absolute atomic E-state index is 13.8. The Balaban J connectivity index is 1.43. The van der Waals surface area contributed by atoms with Crippen LogP contribution in [-0.2, 0) is 34.8 Å². The second kappa shape index (κ2) is 11.5. The number of sulfonamides is 1. The number of imidazole rings is 1. The number of hydrogen-bond acceptors (Lipinski definition) is 4. The molecule has 0 radical (unpaired) electrons. The average Bonchev–Trinajstić information content (AvgIpc) is 3.51. The molecule has 3 aromatic rings. The van der Waals surface area contributed by atoms with Crippen LogP contribution in [0.3, 0.4) is 0 Å². The number of allylic oxidation sites excluding steroid dienone is 3. The van der Waals surface area contributed by atoms with Gasteiger partial charge in [-0.05, 0) is 85.6 Å². The lowest BCUT2D eigenvalue weighted by Gasteiger charge is -2.26. The number of rotatable bonds is 9. The first-order valence-electron chi connectivity index (χ1n) is 13.7. The van der Waals surface area contributed by atoms with Gasteiger partial charge in [-0.3, -0.25) is 4.79 Å². The molecule has 5 rings (SSSR count). The summed E-state index contributed by atoms with van der Waals surface area (Å²) in [6, 6.07) is 11.8. The molecule has 1 heterocycles. The van der Waals surface area contributed by atoms with Crippen LogP contribution in [-0.4, -0.2) is 23.9 Å². The van der Waals surface area contributed by atoms with Crippen molar-refractivity contribution in [3.05, 3.63) is 106 Å². The lowest BCUT2D eigenvalue weighted by atomic mass is 9.96. The fraction of sp³-hybridized carbons (Fsp3) is 0.355. The van der Waals surface area contributed by atoms with Gasteiger partial charge in [-0.1, -0.05) is 36.8 Å². The highest BCUT2D eigenvalue weighted by Gasteiger charge is 2.30. The topological polar surface area (TPSA) is 84.3 Å². The van der Waals surface area contributed by atoms with E-state index in [0.29, 0.717) is 23.4 Å². The molecular weight excluding hydrogens is 527 g/mol. The van der Waals surface area contributed by atoms with Crippen molar-refractivity contribution >= 4 is 21.6 Å². The summed E-state index contributed by atoms with van der Waals surface area (Å²) in [6.07, 6.45) is 10.2. The maximum Gasteiger partial charge on any atom is 0.240 e. The fourth-order valence-corrected chi connectivity index (χ4v) is 6.90. The van der Waals surface area contributed by atoms with Crippen LogP contribution in [0.1, 0.15) is 74.0 Å². The van der Waals surface area contributed by atoms with E-state index in [4.69, 9.17) is 0 Å². The number of carbonyl (C=O) groups is 1. The predicted octanol–water partition coefficient (Wildman–Crippen LogP) is 5.82. The van der Waals surface area contributed by atoms with Crippen molar-refractivity contribution in [2.75, 3.05) is 4.90 Å². The van der Waals surface area contributed by atoms with Gasteiger partial charge < -0.3 is 9.47 Å². The Morgan fingerprint density at radius 3 is 2.77 bits per heavy atom. The lowest BCUT2D eigenvalue weighted by Crippen LogP contribution is -2.33. The van der Waals surface area contributed by atoms with Crippen molar-refractivity contribution in [2.24, 2.45) is 7.05 Å². The maximum atomic E-state index is 13.8. The van der Waals surface area contributed by atoms with Gasteiger partial charge >= 0.3 is 0 Å². The summed E-state index contributed by atoms with van der Waals surface area (Å²) < 4.78 is 45.1. The monoisotopic (exact) mass is 562 g/mol. The summed E-state index contributed by atoms with van der Waals surface area (Å²) >= 11 is 0. The standard InChI is InChI=1S/C31H35FN4O3S/c1-21-6-4-9-27(16-21)40(38,39)34-29-13-11-23-10-12-26(19-28(23)29)36(20-30-33-14-15-35(30)3)31(37)17-22(2)24-7-5-8-25(32)18-24/h5,7-10,12,14-16,18-19,22,29,34H,4,6,11,13,17,20H2,1-3H3/t22-,29+/m1/s1. The van der Waals surface area contributed by atoms with Crippen LogP contribution in [0, 0.1) is 5.82 Å². The van der Waals surface area contributed by atoms with E-state index in [1.165, 1.54) is 12.1 Å². The molecule has 2 aromatic carbocycles. The van der Waals surface area contributed by atoms with E-state index in [9.17, 15) is 17.6 Å². The molecule has 210 valence electrons. The van der Waals surface area contributed by atoms with E-state index in [2.05, 4.69) is 9.71 Å². The van der Waals surface area contributed by atoms with Crippen LogP contribution in [0.5, 0.6) is 0 Å². The molecule has 0 spiro atoms. The van der Waals surface area contributed by atoms with Gasteiger partial charge in [0.2, 0.25) is 15.9 Å². The van der Waals surface area contributed by atoms with E-state index in [1.807, 2.05) is 55.9 Å². The molecule has 2 aliphatic carbocycles. The number of nitrogens with one attached hydrogen (secondary N) is 1. The van der Waals surface area contributed by atoms with Gasteiger partial charge in [0.1, 0.15) is 11.6 Å². The number of hydrogen-bond donors (Lipinski definition) is 1. The molecule has 0 unspecified atom stereocenters. The number of nitrogens with zero attached hydrogens (tertiary/aromatic N) is 3. The first kappa shape index (κ1) is 28.0. The molecule has 1 amide bonds. The third-order valence-electron chi connectivity index (χ3n) is 7.82. The Hall–Kier alpha value is -3.56. The van der Waals surface area contributed by atoms with Crippen LogP contribution in [0.2, 0.25) is 0 Å². The Morgan fingerprint density at radius 2 is 2.05 bits per heavy atom. The smallest absolute Gasteiger partial charge is 0.240 e. The van der Waals surface area contributed by atoms with Gasteiger partial charge in [0.25, 0.3) is 0 Å². The predicted molar refractivity (Wildman–Crippen MR) is 154 cm³/mol. The largest absolute Gasteiger partial charge is 0.337 e. The number of amides is 1. The van der Waals surface area contributed by atoms with Gasteiger partial charge in [0.05, 0.1) is 11.4 Å². The Morgan fingerprint density at radius 1 is 1.23 bits per heavy atom. The van der Waals surface area contributed by atoms with Gasteiger partial charge in [0, 0.05) is 37.6 Å². The van der Waals surface area contributed by atoms with Crippen molar-refractivity contribution in [1.29, 1.82) is 0 Å². The van der Waals surface area contributed by atoms with Gasteiger partial charge in [-0.15, -0.1) is 0 Å². The highest BCUT2D eigenvalue weighted by molar-refractivity contribution is 7.93. The number of aromatic nitrogens is 2. The van der Waals surface area contributed by atoms with Gasteiger partial charge in [0.15, 0.2) is 0 Å². The van der Waals surface area contributed by atoms with E-state index < -0.39 is 10.0 Å².